The number of rotatable bonds is 31. The molecule has 0 atom stereocenters. The number of anilines is 1. The monoisotopic (exact) mass is 609 g/mol. The number of halogens is 1. The maximum atomic E-state index is 11.0. The fourth-order valence-electron chi connectivity index (χ4n) is 2.97. The predicted octanol–water partition coefficient (Wildman–Crippen LogP) is 2.41. The van der Waals surface area contributed by atoms with Gasteiger partial charge in [-0.25, -0.2) is 0 Å². The molecule has 238 valence electrons. The van der Waals surface area contributed by atoms with Gasteiger partial charge in [0.05, 0.1) is 119 Å². The van der Waals surface area contributed by atoms with Crippen molar-refractivity contribution in [3.8, 4) is 5.75 Å². The van der Waals surface area contributed by atoms with Crippen LogP contribution in [0.2, 0.25) is 0 Å². The second-order valence-electron chi connectivity index (χ2n) is 8.25. The first-order chi connectivity index (χ1) is 20.2. The average molecular weight is 610 g/mol. The fraction of sp³-hybridized carbons (Fsp3) is 0.750. The molecule has 1 aromatic carbocycles. The molecule has 1 aromatic rings. The highest BCUT2D eigenvalue weighted by Gasteiger charge is 1.98. The number of carbonyl (C=O) groups is 1. The van der Waals surface area contributed by atoms with Gasteiger partial charge in [-0.3, -0.25) is 4.79 Å². The second-order valence-corrected chi connectivity index (χ2v) is 8.63. The Morgan fingerprint density at radius 3 is 1.10 bits per heavy atom. The molecule has 0 aliphatic rings. The van der Waals surface area contributed by atoms with Gasteiger partial charge >= 0.3 is 0 Å². The average Bonchev–Trinajstić information content (AvgIpc) is 2.97. The summed E-state index contributed by atoms with van der Waals surface area (Å²) in [7, 11) is 0. The lowest BCUT2D eigenvalue weighted by Crippen LogP contribution is -2.15. The zero-order chi connectivity index (χ0) is 29.5. The van der Waals surface area contributed by atoms with Gasteiger partial charge in [0.2, 0.25) is 5.91 Å². The highest BCUT2D eigenvalue weighted by atomic mass is 35.5. The number of hydrogen-bond acceptors (Lipinski definition) is 11. The first kappa shape index (κ1) is 37.4. The summed E-state index contributed by atoms with van der Waals surface area (Å²) in [4.78, 5) is 11.0. The zero-order valence-electron chi connectivity index (χ0n) is 24.3. The molecule has 0 heterocycles. The van der Waals surface area contributed by atoms with Gasteiger partial charge < -0.3 is 52.7 Å². The highest BCUT2D eigenvalue weighted by molar-refractivity contribution is 6.17. The first-order valence-electron chi connectivity index (χ1n) is 14.0. The topological polar surface area (TPSA) is 121 Å². The third-order valence-electron chi connectivity index (χ3n) is 4.87. The van der Waals surface area contributed by atoms with Gasteiger partial charge in [-0.05, 0) is 24.3 Å². The van der Waals surface area contributed by atoms with E-state index < -0.39 is 0 Å². The van der Waals surface area contributed by atoms with E-state index in [2.05, 4.69) is 5.32 Å². The van der Waals surface area contributed by atoms with Crippen molar-refractivity contribution in [3.63, 3.8) is 0 Å². The van der Waals surface area contributed by atoms with Crippen molar-refractivity contribution in [3.05, 3.63) is 24.3 Å². The molecule has 13 heteroatoms. The molecule has 12 nitrogen and oxygen atoms in total. The van der Waals surface area contributed by atoms with Crippen LogP contribution in [0.5, 0.6) is 5.75 Å². The number of nitrogens with one attached hydrogen (secondary N) is 1. The molecule has 0 aliphatic carbocycles. The molecule has 0 aliphatic heterocycles. The third-order valence-corrected chi connectivity index (χ3v) is 5.02. The van der Waals surface area contributed by atoms with E-state index in [-0.39, 0.29) is 5.91 Å². The molecule has 0 saturated heterocycles. The van der Waals surface area contributed by atoms with Crippen LogP contribution >= 0.6 is 11.6 Å². The summed E-state index contributed by atoms with van der Waals surface area (Å²) in [6.45, 7) is 11.1. The first-order valence-corrected chi connectivity index (χ1v) is 14.5. The SMILES string of the molecule is CC(=O)Nc1ccc(OCCOCCOCCOCCOCCOCCOCCOCCOCCOCCCl)cc1. The molecule has 0 fully saturated rings. The Hall–Kier alpha value is -1.58. The minimum absolute atomic E-state index is 0.107. The molecule has 1 amide bonds. The van der Waals surface area contributed by atoms with E-state index in [1.807, 2.05) is 0 Å². The predicted molar refractivity (Wildman–Crippen MR) is 154 cm³/mol. The summed E-state index contributed by atoms with van der Waals surface area (Å²) in [5.74, 6) is 1.11. The Kier molecular flexibility index (Phi) is 27.3. The quantitative estimate of drug-likeness (QED) is 0.0986. The summed E-state index contributed by atoms with van der Waals surface area (Å²) >= 11 is 5.50. The number of carbonyl (C=O) groups excluding carboxylic acids is 1. The summed E-state index contributed by atoms with van der Waals surface area (Å²) < 4.78 is 54.3. The van der Waals surface area contributed by atoms with Gasteiger partial charge in [0.15, 0.2) is 0 Å². The highest BCUT2D eigenvalue weighted by Crippen LogP contribution is 2.15. The molecule has 1 rings (SSSR count). The summed E-state index contributed by atoms with van der Waals surface area (Å²) in [5.41, 5.74) is 0.733. The van der Waals surface area contributed by atoms with Crippen LogP contribution in [0, 0.1) is 0 Å². The zero-order valence-corrected chi connectivity index (χ0v) is 25.1. The summed E-state index contributed by atoms with van der Waals surface area (Å²) in [5, 5.41) is 2.71. The van der Waals surface area contributed by atoms with Crippen LogP contribution < -0.4 is 10.1 Å². The Morgan fingerprint density at radius 2 is 0.805 bits per heavy atom. The van der Waals surface area contributed by atoms with Crippen LogP contribution in [0.15, 0.2) is 24.3 Å². The van der Waals surface area contributed by atoms with Gasteiger partial charge in [-0.1, -0.05) is 0 Å². The van der Waals surface area contributed by atoms with Gasteiger partial charge in [-0.2, -0.15) is 0 Å². The van der Waals surface area contributed by atoms with Gasteiger partial charge in [0, 0.05) is 18.5 Å². The summed E-state index contributed by atoms with van der Waals surface area (Å²) in [6, 6.07) is 7.17. The summed E-state index contributed by atoms with van der Waals surface area (Å²) in [6.07, 6.45) is 0. The lowest BCUT2D eigenvalue weighted by atomic mass is 10.3. The number of alkyl halides is 1. The fourth-order valence-corrected chi connectivity index (χ4v) is 3.08. The minimum atomic E-state index is -0.107. The maximum Gasteiger partial charge on any atom is 0.221 e. The molecule has 41 heavy (non-hydrogen) atoms. The van der Waals surface area contributed by atoms with E-state index in [9.17, 15) is 4.79 Å². The largest absolute Gasteiger partial charge is 0.491 e. The molecular formula is C28H48ClNO11. The van der Waals surface area contributed by atoms with Crippen LogP contribution in [-0.4, -0.2) is 137 Å². The molecule has 0 unspecified atom stereocenters. The van der Waals surface area contributed by atoms with Crippen LogP contribution in [0.1, 0.15) is 6.92 Å². The molecular weight excluding hydrogens is 562 g/mol. The molecule has 1 N–H and O–H groups in total. The van der Waals surface area contributed by atoms with Crippen molar-refractivity contribution in [2.45, 2.75) is 6.92 Å². The van der Waals surface area contributed by atoms with Crippen LogP contribution in [0.4, 0.5) is 5.69 Å². The Labute approximate surface area is 249 Å². The lowest BCUT2D eigenvalue weighted by Gasteiger charge is -2.09. The van der Waals surface area contributed by atoms with Crippen LogP contribution in [-0.2, 0) is 47.4 Å². The molecule has 0 saturated carbocycles. The van der Waals surface area contributed by atoms with E-state index in [0.29, 0.717) is 131 Å². The number of hydrogen-bond donors (Lipinski definition) is 1. The Morgan fingerprint density at radius 1 is 0.512 bits per heavy atom. The van der Waals surface area contributed by atoms with Crippen molar-refractivity contribution in [2.24, 2.45) is 0 Å². The van der Waals surface area contributed by atoms with E-state index in [4.69, 9.17) is 59.0 Å². The van der Waals surface area contributed by atoms with Crippen LogP contribution in [0.25, 0.3) is 0 Å². The van der Waals surface area contributed by atoms with Crippen molar-refractivity contribution >= 4 is 23.2 Å². The van der Waals surface area contributed by atoms with Crippen molar-refractivity contribution in [1.29, 1.82) is 0 Å². The number of benzene rings is 1. The van der Waals surface area contributed by atoms with Gasteiger partial charge in [0.1, 0.15) is 12.4 Å². The number of ether oxygens (including phenoxy) is 10. The van der Waals surface area contributed by atoms with Gasteiger partial charge in [-0.15, -0.1) is 11.6 Å². The van der Waals surface area contributed by atoms with Crippen molar-refractivity contribution < 1.29 is 52.2 Å². The van der Waals surface area contributed by atoms with E-state index in [0.717, 1.165) is 11.4 Å². The normalized spacial score (nSPS) is 11.2. The van der Waals surface area contributed by atoms with Gasteiger partial charge in [0.25, 0.3) is 0 Å². The Balaban J connectivity index is 1.68. The molecule has 0 radical (unpaired) electrons. The molecule has 0 spiro atoms. The standard InChI is InChI=1S/C28H48ClNO11/c1-26(31)30-27-2-4-28(5-3-27)41-25-24-40-23-22-39-21-20-38-19-18-37-17-16-36-15-14-35-13-12-34-11-10-33-9-8-32-7-6-29/h2-5H,6-25H2,1H3,(H,30,31). The third kappa shape index (κ3) is 27.0. The lowest BCUT2D eigenvalue weighted by molar-refractivity contribution is -0.114. The maximum absolute atomic E-state index is 11.0. The van der Waals surface area contributed by atoms with E-state index in [1.165, 1.54) is 6.92 Å². The molecule has 0 bridgehead atoms. The smallest absolute Gasteiger partial charge is 0.221 e. The number of amides is 1. The Bertz CT molecular complexity index is 700. The van der Waals surface area contributed by atoms with Crippen LogP contribution in [0.3, 0.4) is 0 Å². The van der Waals surface area contributed by atoms with Crippen molar-refractivity contribution in [2.75, 3.05) is 137 Å². The van der Waals surface area contributed by atoms with Crippen molar-refractivity contribution in [1.82, 2.24) is 0 Å². The van der Waals surface area contributed by atoms with E-state index >= 15 is 0 Å². The van der Waals surface area contributed by atoms with E-state index in [1.54, 1.807) is 24.3 Å². The minimum Gasteiger partial charge on any atom is -0.491 e. The molecule has 0 aromatic heterocycles. The second kappa shape index (κ2) is 29.9.